The Morgan fingerprint density at radius 3 is 2.57 bits per heavy atom. The van der Waals surface area contributed by atoms with Crippen molar-refractivity contribution in [3.63, 3.8) is 0 Å². The zero-order valence-corrected chi connectivity index (χ0v) is 8.36. The number of ether oxygens (including phenoxy) is 1. The average molecular weight is 193 g/mol. The van der Waals surface area contributed by atoms with Crippen LogP contribution in [0.15, 0.2) is 12.4 Å². The molecule has 0 aliphatic carbocycles. The molecule has 1 aliphatic rings. The highest BCUT2D eigenvalue weighted by atomic mass is 16.5. The molecule has 14 heavy (non-hydrogen) atoms. The van der Waals surface area contributed by atoms with Gasteiger partial charge in [0.15, 0.2) is 5.75 Å². The lowest BCUT2D eigenvalue weighted by Gasteiger charge is -2.23. The molecule has 1 aliphatic heterocycles. The Morgan fingerprint density at radius 2 is 1.93 bits per heavy atom. The van der Waals surface area contributed by atoms with E-state index in [9.17, 15) is 0 Å². The first kappa shape index (κ1) is 9.40. The van der Waals surface area contributed by atoms with Gasteiger partial charge in [-0.3, -0.25) is 0 Å². The van der Waals surface area contributed by atoms with Crippen molar-refractivity contribution in [1.82, 2.24) is 15.3 Å². The molecule has 4 nitrogen and oxygen atoms in total. The molecular formula is C10H15N3O. The summed E-state index contributed by atoms with van der Waals surface area (Å²) in [4.78, 5) is 8.19. The van der Waals surface area contributed by atoms with Crippen LogP contribution in [0.25, 0.3) is 0 Å². The molecule has 1 saturated heterocycles. The number of aryl methyl sites for hydroxylation is 1. The molecule has 0 spiro atoms. The number of nitrogens with zero attached hydrogens (tertiary/aromatic N) is 2. The third-order valence-electron chi connectivity index (χ3n) is 2.35. The van der Waals surface area contributed by atoms with E-state index >= 15 is 0 Å². The molecule has 76 valence electrons. The number of hydrogen-bond donors (Lipinski definition) is 1. The summed E-state index contributed by atoms with van der Waals surface area (Å²) in [6, 6.07) is 0. The Labute approximate surface area is 83.7 Å². The zero-order valence-electron chi connectivity index (χ0n) is 8.36. The van der Waals surface area contributed by atoms with Crippen molar-refractivity contribution in [3.05, 3.63) is 18.2 Å². The van der Waals surface area contributed by atoms with E-state index in [0.29, 0.717) is 6.10 Å². The molecule has 1 fully saturated rings. The lowest BCUT2D eigenvalue weighted by Crippen LogP contribution is -2.34. The highest BCUT2D eigenvalue weighted by Crippen LogP contribution is 2.13. The van der Waals surface area contributed by atoms with Crippen LogP contribution in [0.4, 0.5) is 0 Å². The van der Waals surface area contributed by atoms with Crippen LogP contribution in [0.3, 0.4) is 0 Å². The van der Waals surface area contributed by atoms with Gasteiger partial charge in [0.2, 0.25) is 0 Å². The van der Waals surface area contributed by atoms with Crippen LogP contribution in [0.1, 0.15) is 18.7 Å². The van der Waals surface area contributed by atoms with Crippen LogP contribution < -0.4 is 10.1 Å². The first-order chi connectivity index (χ1) is 6.84. The number of rotatable bonds is 2. The van der Waals surface area contributed by atoms with Crippen molar-refractivity contribution >= 4 is 0 Å². The molecule has 1 aromatic rings. The predicted octanol–water partition coefficient (Wildman–Crippen LogP) is 0.916. The number of piperidine rings is 1. The van der Waals surface area contributed by atoms with Gasteiger partial charge in [0, 0.05) is 0 Å². The topological polar surface area (TPSA) is 47.0 Å². The van der Waals surface area contributed by atoms with E-state index in [4.69, 9.17) is 4.74 Å². The van der Waals surface area contributed by atoms with E-state index in [1.165, 1.54) is 0 Å². The minimum Gasteiger partial charge on any atom is -0.487 e. The summed E-state index contributed by atoms with van der Waals surface area (Å²) >= 11 is 0. The van der Waals surface area contributed by atoms with Gasteiger partial charge in [-0.1, -0.05) is 0 Å². The molecule has 2 rings (SSSR count). The van der Waals surface area contributed by atoms with Gasteiger partial charge in [-0.25, -0.2) is 9.97 Å². The van der Waals surface area contributed by atoms with Gasteiger partial charge in [0.1, 0.15) is 11.9 Å². The largest absolute Gasteiger partial charge is 0.487 e. The molecular weight excluding hydrogens is 178 g/mol. The third kappa shape index (κ3) is 2.42. The highest BCUT2D eigenvalue weighted by Gasteiger charge is 2.14. The molecule has 1 aromatic heterocycles. The van der Waals surface area contributed by atoms with Gasteiger partial charge in [-0.05, 0) is 32.9 Å². The van der Waals surface area contributed by atoms with E-state index < -0.39 is 0 Å². The lowest BCUT2D eigenvalue weighted by atomic mass is 10.1. The normalized spacial score (nSPS) is 18.1. The Morgan fingerprint density at radius 1 is 1.29 bits per heavy atom. The van der Waals surface area contributed by atoms with Gasteiger partial charge in [-0.2, -0.15) is 0 Å². The summed E-state index contributed by atoms with van der Waals surface area (Å²) < 4.78 is 5.75. The molecule has 4 heteroatoms. The quantitative estimate of drug-likeness (QED) is 0.758. The molecule has 0 saturated carbocycles. The molecule has 0 aromatic carbocycles. The first-order valence-electron chi connectivity index (χ1n) is 5.00. The molecule has 2 heterocycles. The molecule has 0 atom stereocenters. The van der Waals surface area contributed by atoms with Crippen LogP contribution in [-0.2, 0) is 0 Å². The van der Waals surface area contributed by atoms with Crippen molar-refractivity contribution in [1.29, 1.82) is 0 Å². The van der Waals surface area contributed by atoms with E-state index in [1.54, 1.807) is 12.4 Å². The number of hydrogen-bond acceptors (Lipinski definition) is 4. The fourth-order valence-corrected chi connectivity index (χ4v) is 1.55. The maximum atomic E-state index is 5.75. The maximum absolute atomic E-state index is 5.75. The smallest absolute Gasteiger partial charge is 0.156 e. The van der Waals surface area contributed by atoms with Gasteiger partial charge in [0.25, 0.3) is 0 Å². The Hall–Kier alpha value is -1.16. The zero-order chi connectivity index (χ0) is 9.80. The molecule has 0 radical (unpaired) electrons. The second-order valence-electron chi connectivity index (χ2n) is 3.53. The summed E-state index contributed by atoms with van der Waals surface area (Å²) in [6.07, 6.45) is 5.93. The van der Waals surface area contributed by atoms with Gasteiger partial charge >= 0.3 is 0 Å². The predicted molar refractivity (Wildman–Crippen MR) is 53.3 cm³/mol. The van der Waals surface area contributed by atoms with E-state index in [1.807, 2.05) is 6.92 Å². The van der Waals surface area contributed by atoms with Crippen LogP contribution in [-0.4, -0.2) is 29.2 Å². The monoisotopic (exact) mass is 193 g/mol. The fraction of sp³-hybridized carbons (Fsp3) is 0.600. The van der Waals surface area contributed by atoms with Crippen molar-refractivity contribution < 1.29 is 4.74 Å². The SMILES string of the molecule is Cc1ncc(OC2CCNCC2)cn1. The van der Waals surface area contributed by atoms with E-state index in [-0.39, 0.29) is 0 Å². The van der Waals surface area contributed by atoms with Crippen molar-refractivity contribution in [2.75, 3.05) is 13.1 Å². The molecule has 1 N–H and O–H groups in total. The second kappa shape index (κ2) is 4.37. The summed E-state index contributed by atoms with van der Waals surface area (Å²) in [7, 11) is 0. The third-order valence-corrected chi connectivity index (χ3v) is 2.35. The van der Waals surface area contributed by atoms with Crippen LogP contribution in [0, 0.1) is 6.92 Å². The maximum Gasteiger partial charge on any atom is 0.156 e. The van der Waals surface area contributed by atoms with Crippen LogP contribution >= 0.6 is 0 Å². The Balaban J connectivity index is 1.92. The van der Waals surface area contributed by atoms with E-state index in [2.05, 4.69) is 15.3 Å². The molecule has 0 bridgehead atoms. The van der Waals surface area contributed by atoms with Crippen LogP contribution in [0.5, 0.6) is 5.75 Å². The van der Waals surface area contributed by atoms with Crippen molar-refractivity contribution in [3.8, 4) is 5.75 Å². The first-order valence-corrected chi connectivity index (χ1v) is 5.00. The van der Waals surface area contributed by atoms with E-state index in [0.717, 1.165) is 37.5 Å². The van der Waals surface area contributed by atoms with Crippen molar-refractivity contribution in [2.45, 2.75) is 25.9 Å². The molecule has 0 unspecified atom stereocenters. The van der Waals surface area contributed by atoms with Gasteiger partial charge in [-0.15, -0.1) is 0 Å². The van der Waals surface area contributed by atoms with Crippen molar-refractivity contribution in [2.24, 2.45) is 0 Å². The lowest BCUT2D eigenvalue weighted by molar-refractivity contribution is 0.161. The summed E-state index contributed by atoms with van der Waals surface area (Å²) in [6.45, 7) is 3.95. The van der Waals surface area contributed by atoms with Gasteiger partial charge < -0.3 is 10.1 Å². The highest BCUT2D eigenvalue weighted by molar-refractivity contribution is 5.12. The Bertz CT molecular complexity index is 280. The number of nitrogens with one attached hydrogen (secondary N) is 1. The standard InChI is InChI=1S/C10H15N3O/c1-8-12-6-10(7-13-8)14-9-2-4-11-5-3-9/h6-7,9,11H,2-5H2,1H3. The number of aromatic nitrogens is 2. The summed E-state index contributed by atoms with van der Waals surface area (Å²) in [5.74, 6) is 1.56. The summed E-state index contributed by atoms with van der Waals surface area (Å²) in [5, 5.41) is 3.30. The molecule has 0 amide bonds. The average Bonchev–Trinajstić information content (AvgIpc) is 2.23. The Kier molecular flexibility index (Phi) is 2.93. The van der Waals surface area contributed by atoms with Crippen LogP contribution in [0.2, 0.25) is 0 Å². The minimum atomic E-state index is 0.322. The fourth-order valence-electron chi connectivity index (χ4n) is 1.55. The van der Waals surface area contributed by atoms with Gasteiger partial charge in [0.05, 0.1) is 12.4 Å². The summed E-state index contributed by atoms with van der Waals surface area (Å²) in [5.41, 5.74) is 0. The minimum absolute atomic E-state index is 0.322. The second-order valence-corrected chi connectivity index (χ2v) is 3.53.